The van der Waals surface area contributed by atoms with E-state index in [1.165, 1.54) is 0 Å². The molecule has 1 aromatic rings. The van der Waals surface area contributed by atoms with Crippen molar-refractivity contribution >= 4 is 24.0 Å². The molecule has 0 spiro atoms. The molecule has 0 aromatic heterocycles. The lowest BCUT2D eigenvalue weighted by Gasteiger charge is -2.32. The summed E-state index contributed by atoms with van der Waals surface area (Å²) in [6.45, 7) is 9.91. The molecule has 1 aliphatic rings. The highest BCUT2D eigenvalue weighted by Crippen LogP contribution is 2.41. The molecule has 0 bridgehead atoms. The van der Waals surface area contributed by atoms with E-state index in [0.717, 1.165) is 6.42 Å². The van der Waals surface area contributed by atoms with E-state index < -0.39 is 23.8 Å². The van der Waals surface area contributed by atoms with Crippen LogP contribution in [0.2, 0.25) is 0 Å². The van der Waals surface area contributed by atoms with Crippen molar-refractivity contribution in [1.29, 1.82) is 0 Å². The lowest BCUT2D eigenvalue weighted by Crippen LogP contribution is -2.36. The number of benzene rings is 1. The number of dihydropyridines is 1. The van der Waals surface area contributed by atoms with Crippen LogP contribution in [0.3, 0.4) is 0 Å². The predicted molar refractivity (Wildman–Crippen MR) is 134 cm³/mol. The van der Waals surface area contributed by atoms with Crippen LogP contribution in [0.15, 0.2) is 52.4 Å². The Morgan fingerprint density at radius 1 is 1.00 bits per heavy atom. The fourth-order valence-corrected chi connectivity index (χ4v) is 3.96. The molecule has 190 valence electrons. The Kier molecular flexibility index (Phi) is 10.7. The van der Waals surface area contributed by atoms with Gasteiger partial charge in [0.05, 0.1) is 36.9 Å². The Hall–Kier alpha value is -3.39. The van der Waals surface area contributed by atoms with Crippen LogP contribution in [0.25, 0.3) is 6.08 Å². The Morgan fingerprint density at radius 2 is 1.63 bits per heavy atom. The first-order valence-corrected chi connectivity index (χ1v) is 11.9. The van der Waals surface area contributed by atoms with Crippen molar-refractivity contribution in [1.82, 2.24) is 10.6 Å². The molecule has 0 aliphatic carbocycles. The average Bonchev–Trinajstić information content (AvgIpc) is 2.82. The summed E-state index contributed by atoms with van der Waals surface area (Å²) in [5.41, 5.74) is 3.62. The van der Waals surface area contributed by atoms with Gasteiger partial charge in [-0.15, -0.1) is 0 Å². The van der Waals surface area contributed by atoms with E-state index >= 15 is 0 Å². The van der Waals surface area contributed by atoms with Gasteiger partial charge in [-0.3, -0.25) is 0 Å². The van der Waals surface area contributed by atoms with Crippen LogP contribution >= 0.6 is 0 Å². The number of hydrogen-bond acceptors (Lipinski definition) is 8. The van der Waals surface area contributed by atoms with Crippen molar-refractivity contribution in [3.05, 3.63) is 63.5 Å². The third kappa shape index (κ3) is 6.82. The summed E-state index contributed by atoms with van der Waals surface area (Å²) in [6.07, 6.45) is 2.44. The van der Waals surface area contributed by atoms with E-state index in [0.29, 0.717) is 52.4 Å². The standard InChI is InChI=1S/C27H36N2O6/c1-7-14-35-25(30)17(4)15-19-12-10-11-13-20(19)23-22(26(31)33-8-2)18(5)29-21(16-28-6)24(23)27(32)34-9-3/h10-13,15,23,28-29H,7-9,14,16H2,1-6H3/b17-15+. The van der Waals surface area contributed by atoms with Gasteiger partial charge >= 0.3 is 17.9 Å². The molecule has 1 aromatic carbocycles. The molecule has 2 N–H and O–H groups in total. The molecular weight excluding hydrogens is 448 g/mol. The summed E-state index contributed by atoms with van der Waals surface area (Å²) >= 11 is 0. The minimum Gasteiger partial charge on any atom is -0.463 e. The first-order valence-electron chi connectivity index (χ1n) is 11.9. The van der Waals surface area contributed by atoms with Gasteiger partial charge in [0.15, 0.2) is 0 Å². The summed E-state index contributed by atoms with van der Waals surface area (Å²) in [7, 11) is 1.77. The quantitative estimate of drug-likeness (QED) is 0.279. The number of hydrogen-bond donors (Lipinski definition) is 2. The first-order chi connectivity index (χ1) is 16.8. The number of esters is 3. The summed E-state index contributed by atoms with van der Waals surface area (Å²) in [5.74, 6) is -2.22. The average molecular weight is 485 g/mol. The van der Waals surface area contributed by atoms with E-state index in [1.807, 2.05) is 31.2 Å². The molecule has 0 saturated carbocycles. The van der Waals surface area contributed by atoms with Gasteiger partial charge in [0, 0.05) is 23.5 Å². The molecule has 1 atom stereocenters. The van der Waals surface area contributed by atoms with Crippen LogP contribution < -0.4 is 10.6 Å². The number of allylic oxidation sites excluding steroid dienone is 1. The van der Waals surface area contributed by atoms with Crippen molar-refractivity contribution in [3.63, 3.8) is 0 Å². The molecular formula is C27H36N2O6. The van der Waals surface area contributed by atoms with E-state index in [4.69, 9.17) is 14.2 Å². The van der Waals surface area contributed by atoms with Crippen molar-refractivity contribution in [2.45, 2.75) is 47.0 Å². The second-order valence-electron chi connectivity index (χ2n) is 8.05. The van der Waals surface area contributed by atoms with E-state index in [2.05, 4.69) is 10.6 Å². The Labute approximate surface area is 207 Å². The molecule has 2 rings (SSSR count). The molecule has 1 aliphatic heterocycles. The topological polar surface area (TPSA) is 103 Å². The summed E-state index contributed by atoms with van der Waals surface area (Å²) in [6, 6.07) is 7.35. The minimum atomic E-state index is -0.760. The molecule has 1 heterocycles. The number of ether oxygens (including phenoxy) is 3. The Balaban J connectivity index is 2.77. The van der Waals surface area contributed by atoms with Crippen molar-refractivity contribution in [3.8, 4) is 0 Å². The molecule has 8 nitrogen and oxygen atoms in total. The van der Waals surface area contributed by atoms with Crippen molar-refractivity contribution in [2.75, 3.05) is 33.4 Å². The van der Waals surface area contributed by atoms with Crippen LogP contribution in [0.5, 0.6) is 0 Å². The van der Waals surface area contributed by atoms with Crippen LogP contribution in [-0.4, -0.2) is 51.3 Å². The molecule has 1 unspecified atom stereocenters. The molecule has 8 heteroatoms. The minimum absolute atomic E-state index is 0.184. The third-order valence-electron chi connectivity index (χ3n) is 5.43. The molecule has 0 radical (unpaired) electrons. The first kappa shape index (κ1) is 27.9. The molecule has 0 amide bonds. The highest BCUT2D eigenvalue weighted by atomic mass is 16.5. The number of likely N-dealkylation sites (N-methyl/N-ethyl adjacent to an activating group) is 1. The van der Waals surface area contributed by atoms with Crippen molar-refractivity contribution in [2.24, 2.45) is 0 Å². The molecule has 0 fully saturated rings. The zero-order valence-electron chi connectivity index (χ0n) is 21.4. The summed E-state index contributed by atoms with van der Waals surface area (Å²) in [4.78, 5) is 38.8. The van der Waals surface area contributed by atoms with E-state index in [1.54, 1.807) is 40.8 Å². The van der Waals surface area contributed by atoms with Gasteiger partial charge in [-0.05, 0) is 58.4 Å². The van der Waals surface area contributed by atoms with Gasteiger partial charge in [0.2, 0.25) is 0 Å². The van der Waals surface area contributed by atoms with Crippen LogP contribution in [0, 0.1) is 0 Å². The number of nitrogens with one attached hydrogen (secondary N) is 2. The monoisotopic (exact) mass is 484 g/mol. The van der Waals surface area contributed by atoms with Gasteiger partial charge < -0.3 is 24.8 Å². The van der Waals surface area contributed by atoms with Crippen LogP contribution in [-0.2, 0) is 28.6 Å². The van der Waals surface area contributed by atoms with Crippen LogP contribution in [0.4, 0.5) is 0 Å². The summed E-state index contributed by atoms with van der Waals surface area (Å²) < 4.78 is 16.0. The normalized spacial score (nSPS) is 16.1. The van der Waals surface area contributed by atoms with Gasteiger partial charge in [0.25, 0.3) is 0 Å². The summed E-state index contributed by atoms with van der Waals surface area (Å²) in [5, 5.41) is 6.27. The maximum Gasteiger partial charge on any atom is 0.336 e. The predicted octanol–water partition coefficient (Wildman–Crippen LogP) is 3.60. The number of carbonyl (C=O) groups excluding carboxylic acids is 3. The van der Waals surface area contributed by atoms with E-state index in [-0.39, 0.29) is 13.2 Å². The Bertz CT molecular complexity index is 1040. The second kappa shape index (κ2) is 13.5. The maximum absolute atomic E-state index is 13.2. The fraction of sp³-hybridized carbons (Fsp3) is 0.444. The molecule has 0 saturated heterocycles. The Morgan fingerprint density at radius 3 is 2.23 bits per heavy atom. The maximum atomic E-state index is 13.2. The van der Waals surface area contributed by atoms with Gasteiger partial charge in [-0.2, -0.15) is 0 Å². The van der Waals surface area contributed by atoms with Crippen molar-refractivity contribution < 1.29 is 28.6 Å². The lowest BCUT2D eigenvalue weighted by molar-refractivity contribution is -0.140. The third-order valence-corrected chi connectivity index (χ3v) is 5.43. The largest absolute Gasteiger partial charge is 0.463 e. The zero-order valence-corrected chi connectivity index (χ0v) is 21.4. The second-order valence-corrected chi connectivity index (χ2v) is 8.05. The SMILES string of the molecule is CCCOC(=O)/C(C)=C/c1ccccc1C1C(C(=O)OCC)=C(C)NC(CNC)=C1C(=O)OCC. The highest BCUT2D eigenvalue weighted by molar-refractivity contribution is 6.00. The number of rotatable bonds is 11. The lowest BCUT2D eigenvalue weighted by atomic mass is 9.78. The highest BCUT2D eigenvalue weighted by Gasteiger charge is 2.39. The van der Waals surface area contributed by atoms with Gasteiger partial charge in [-0.25, -0.2) is 14.4 Å². The van der Waals surface area contributed by atoms with Crippen LogP contribution in [0.1, 0.15) is 58.1 Å². The smallest absolute Gasteiger partial charge is 0.336 e. The zero-order chi connectivity index (χ0) is 26.0. The van der Waals surface area contributed by atoms with E-state index in [9.17, 15) is 14.4 Å². The van der Waals surface area contributed by atoms with Gasteiger partial charge in [-0.1, -0.05) is 31.2 Å². The van der Waals surface area contributed by atoms with Gasteiger partial charge in [0.1, 0.15) is 0 Å². The fourth-order valence-electron chi connectivity index (χ4n) is 3.96. The molecule has 35 heavy (non-hydrogen) atoms. The number of carbonyl (C=O) groups is 3.